The van der Waals surface area contributed by atoms with Gasteiger partial charge in [-0.2, -0.15) is 0 Å². The standard InChI is InChI=1S/C10H15NO2/c1-8-4-3-5-10(13)11(8)7-6-9(2)12/h3-5,9,12H,6-7H2,1-2H3. The molecule has 1 rings (SSSR count). The van der Waals surface area contributed by atoms with E-state index < -0.39 is 0 Å². The Hall–Kier alpha value is -1.09. The van der Waals surface area contributed by atoms with Gasteiger partial charge in [-0.25, -0.2) is 0 Å². The molecule has 0 aliphatic carbocycles. The summed E-state index contributed by atoms with van der Waals surface area (Å²) in [5.74, 6) is 0. The van der Waals surface area contributed by atoms with Crippen LogP contribution in [0.5, 0.6) is 0 Å². The van der Waals surface area contributed by atoms with Crippen molar-refractivity contribution in [1.29, 1.82) is 0 Å². The maximum Gasteiger partial charge on any atom is 0.250 e. The molecule has 0 aliphatic heterocycles. The lowest BCUT2D eigenvalue weighted by atomic mass is 10.2. The molecule has 13 heavy (non-hydrogen) atoms. The molecule has 1 atom stereocenters. The molecule has 3 heteroatoms. The Bertz CT molecular complexity index is 328. The van der Waals surface area contributed by atoms with Gasteiger partial charge in [-0.15, -0.1) is 0 Å². The van der Waals surface area contributed by atoms with Crippen molar-refractivity contribution >= 4 is 0 Å². The molecule has 0 aliphatic rings. The van der Waals surface area contributed by atoms with Crippen molar-refractivity contribution in [2.75, 3.05) is 0 Å². The summed E-state index contributed by atoms with van der Waals surface area (Å²) < 4.78 is 1.67. The number of pyridine rings is 1. The van der Waals surface area contributed by atoms with Crippen LogP contribution in [-0.2, 0) is 6.54 Å². The molecule has 1 unspecified atom stereocenters. The van der Waals surface area contributed by atoms with Crippen molar-refractivity contribution in [3.8, 4) is 0 Å². The van der Waals surface area contributed by atoms with E-state index in [1.54, 1.807) is 17.6 Å². The summed E-state index contributed by atoms with van der Waals surface area (Å²) >= 11 is 0. The number of hydrogen-bond acceptors (Lipinski definition) is 2. The first kappa shape index (κ1) is 9.99. The first-order valence-electron chi connectivity index (χ1n) is 4.46. The van der Waals surface area contributed by atoms with E-state index in [2.05, 4.69) is 0 Å². The number of aliphatic hydroxyl groups excluding tert-OH is 1. The van der Waals surface area contributed by atoms with E-state index in [1.807, 2.05) is 13.0 Å². The van der Waals surface area contributed by atoms with Gasteiger partial charge in [0.25, 0.3) is 5.56 Å². The van der Waals surface area contributed by atoms with E-state index in [0.717, 1.165) is 5.69 Å². The molecule has 0 fully saturated rings. The first-order valence-corrected chi connectivity index (χ1v) is 4.46. The Kier molecular flexibility index (Phi) is 3.25. The summed E-state index contributed by atoms with van der Waals surface area (Å²) in [7, 11) is 0. The summed E-state index contributed by atoms with van der Waals surface area (Å²) in [6.45, 7) is 4.20. The van der Waals surface area contributed by atoms with Gasteiger partial charge in [0.1, 0.15) is 0 Å². The molecule has 0 amide bonds. The molecule has 0 spiro atoms. The zero-order valence-corrected chi connectivity index (χ0v) is 8.03. The summed E-state index contributed by atoms with van der Waals surface area (Å²) in [5, 5.41) is 9.08. The molecular weight excluding hydrogens is 166 g/mol. The van der Waals surface area contributed by atoms with Crippen molar-refractivity contribution in [3.63, 3.8) is 0 Å². The third-order valence-corrected chi connectivity index (χ3v) is 2.04. The molecule has 1 heterocycles. The van der Waals surface area contributed by atoms with Gasteiger partial charge in [-0.1, -0.05) is 6.07 Å². The van der Waals surface area contributed by atoms with Crippen molar-refractivity contribution in [1.82, 2.24) is 4.57 Å². The van der Waals surface area contributed by atoms with Crippen molar-refractivity contribution in [2.24, 2.45) is 0 Å². The van der Waals surface area contributed by atoms with Gasteiger partial charge in [0.05, 0.1) is 6.10 Å². The lowest BCUT2D eigenvalue weighted by Gasteiger charge is -2.09. The van der Waals surface area contributed by atoms with Crippen LogP contribution < -0.4 is 5.56 Å². The van der Waals surface area contributed by atoms with Crippen LogP contribution in [0.25, 0.3) is 0 Å². The Morgan fingerprint density at radius 1 is 1.54 bits per heavy atom. The molecule has 3 nitrogen and oxygen atoms in total. The van der Waals surface area contributed by atoms with Crippen LogP contribution in [0.15, 0.2) is 23.0 Å². The van der Waals surface area contributed by atoms with Crippen molar-refractivity contribution < 1.29 is 5.11 Å². The Labute approximate surface area is 77.6 Å². The maximum atomic E-state index is 11.3. The van der Waals surface area contributed by atoms with Crippen LogP contribution in [0.4, 0.5) is 0 Å². The second kappa shape index (κ2) is 4.23. The molecule has 1 aromatic heterocycles. The molecular formula is C10H15NO2. The molecule has 0 radical (unpaired) electrons. The molecule has 1 N–H and O–H groups in total. The molecule has 72 valence electrons. The van der Waals surface area contributed by atoms with E-state index >= 15 is 0 Å². The predicted octanol–water partition coefficient (Wildman–Crippen LogP) is 0.928. The minimum Gasteiger partial charge on any atom is -0.393 e. The summed E-state index contributed by atoms with van der Waals surface area (Å²) in [6, 6.07) is 5.18. The van der Waals surface area contributed by atoms with Crippen LogP contribution >= 0.6 is 0 Å². The van der Waals surface area contributed by atoms with E-state index in [9.17, 15) is 4.79 Å². The maximum absolute atomic E-state index is 11.3. The Morgan fingerprint density at radius 2 is 2.23 bits per heavy atom. The largest absolute Gasteiger partial charge is 0.393 e. The lowest BCUT2D eigenvalue weighted by Crippen LogP contribution is -2.22. The fraction of sp³-hybridized carbons (Fsp3) is 0.500. The smallest absolute Gasteiger partial charge is 0.250 e. The topological polar surface area (TPSA) is 42.2 Å². The van der Waals surface area contributed by atoms with Gasteiger partial charge in [0.2, 0.25) is 0 Å². The van der Waals surface area contributed by atoms with Crippen LogP contribution in [0.2, 0.25) is 0 Å². The van der Waals surface area contributed by atoms with E-state index in [4.69, 9.17) is 5.11 Å². The second-order valence-electron chi connectivity index (χ2n) is 3.29. The molecule has 0 bridgehead atoms. The van der Waals surface area contributed by atoms with Crippen LogP contribution in [-0.4, -0.2) is 15.8 Å². The lowest BCUT2D eigenvalue weighted by molar-refractivity contribution is 0.177. The molecule has 0 saturated heterocycles. The highest BCUT2D eigenvalue weighted by Crippen LogP contribution is 1.97. The molecule has 0 aromatic carbocycles. The highest BCUT2D eigenvalue weighted by atomic mass is 16.3. The zero-order chi connectivity index (χ0) is 9.84. The Balaban J connectivity index is 2.81. The summed E-state index contributed by atoms with van der Waals surface area (Å²) in [6.07, 6.45) is 0.261. The van der Waals surface area contributed by atoms with Gasteiger partial charge in [-0.05, 0) is 26.3 Å². The zero-order valence-electron chi connectivity index (χ0n) is 8.03. The van der Waals surface area contributed by atoms with Gasteiger partial charge < -0.3 is 9.67 Å². The highest BCUT2D eigenvalue weighted by Gasteiger charge is 2.00. The summed E-state index contributed by atoms with van der Waals surface area (Å²) in [4.78, 5) is 11.3. The second-order valence-corrected chi connectivity index (χ2v) is 3.29. The molecule has 0 saturated carbocycles. The van der Waals surface area contributed by atoms with E-state index in [0.29, 0.717) is 13.0 Å². The number of nitrogens with zero attached hydrogens (tertiary/aromatic N) is 1. The van der Waals surface area contributed by atoms with E-state index in [-0.39, 0.29) is 11.7 Å². The van der Waals surface area contributed by atoms with Gasteiger partial charge in [0.15, 0.2) is 0 Å². The minimum atomic E-state index is -0.355. The third kappa shape index (κ3) is 2.70. The van der Waals surface area contributed by atoms with Gasteiger partial charge >= 0.3 is 0 Å². The van der Waals surface area contributed by atoms with Crippen LogP contribution in [0.1, 0.15) is 19.0 Å². The number of aromatic nitrogens is 1. The Morgan fingerprint density at radius 3 is 2.77 bits per heavy atom. The average Bonchev–Trinajstić information content (AvgIpc) is 2.03. The monoisotopic (exact) mass is 181 g/mol. The highest BCUT2D eigenvalue weighted by molar-refractivity contribution is 5.04. The normalized spacial score (nSPS) is 12.8. The fourth-order valence-electron chi connectivity index (χ4n) is 1.23. The molecule has 1 aromatic rings. The quantitative estimate of drug-likeness (QED) is 0.753. The van der Waals surface area contributed by atoms with Gasteiger partial charge in [0, 0.05) is 18.3 Å². The van der Waals surface area contributed by atoms with Crippen molar-refractivity contribution in [3.05, 3.63) is 34.2 Å². The van der Waals surface area contributed by atoms with E-state index in [1.165, 1.54) is 6.07 Å². The SMILES string of the molecule is Cc1cccc(=O)n1CCC(C)O. The first-order chi connectivity index (χ1) is 6.11. The van der Waals surface area contributed by atoms with Crippen molar-refractivity contribution in [2.45, 2.75) is 32.9 Å². The third-order valence-electron chi connectivity index (χ3n) is 2.04. The number of rotatable bonds is 3. The van der Waals surface area contributed by atoms with Gasteiger partial charge in [-0.3, -0.25) is 4.79 Å². The predicted molar refractivity (Wildman–Crippen MR) is 51.7 cm³/mol. The number of aryl methyl sites for hydroxylation is 1. The number of hydrogen-bond donors (Lipinski definition) is 1. The summed E-state index contributed by atoms with van der Waals surface area (Å²) in [5.41, 5.74) is 0.939. The number of aliphatic hydroxyl groups is 1. The van der Waals surface area contributed by atoms with Crippen LogP contribution in [0.3, 0.4) is 0 Å². The fourth-order valence-corrected chi connectivity index (χ4v) is 1.23. The average molecular weight is 181 g/mol. The minimum absolute atomic E-state index is 0.000602. The van der Waals surface area contributed by atoms with Crippen LogP contribution in [0, 0.1) is 6.92 Å².